The quantitative estimate of drug-likeness (QED) is 0.454. The van der Waals surface area contributed by atoms with Gasteiger partial charge in [0.2, 0.25) is 0 Å². The van der Waals surface area contributed by atoms with E-state index in [-0.39, 0.29) is 6.42 Å². The fourth-order valence-electron chi connectivity index (χ4n) is 3.41. The van der Waals surface area contributed by atoms with Crippen LogP contribution >= 0.6 is 11.8 Å². The van der Waals surface area contributed by atoms with Gasteiger partial charge in [0, 0.05) is 23.9 Å². The van der Waals surface area contributed by atoms with Crippen molar-refractivity contribution in [3.05, 3.63) is 103 Å². The molecule has 0 atom stereocenters. The standard InChI is InChI=1S/C23H23N5O2S/c1-14-8-9-16(3)19(10-14)28-20(11-18-12-21(29)25-22(30)24-18)26-27-23(28)31-13-17-7-5-4-6-15(17)2/h4-10,12H,11,13H2,1-3H3,(H2,24,25,29,30). The Kier molecular flexibility index (Phi) is 5.90. The first-order chi connectivity index (χ1) is 14.9. The van der Waals surface area contributed by atoms with Crippen molar-refractivity contribution in [2.45, 2.75) is 38.1 Å². The van der Waals surface area contributed by atoms with Crippen LogP contribution in [0, 0.1) is 20.8 Å². The molecule has 0 fully saturated rings. The maximum atomic E-state index is 11.7. The molecule has 0 saturated heterocycles. The number of hydrogen-bond acceptors (Lipinski definition) is 5. The molecule has 2 aromatic carbocycles. The number of aryl methyl sites for hydroxylation is 3. The predicted molar refractivity (Wildman–Crippen MR) is 122 cm³/mol. The zero-order valence-electron chi connectivity index (χ0n) is 17.6. The number of nitrogens with one attached hydrogen (secondary N) is 2. The van der Waals surface area contributed by atoms with Gasteiger partial charge in [-0.2, -0.15) is 0 Å². The third kappa shape index (κ3) is 4.69. The molecule has 0 aliphatic carbocycles. The number of thioether (sulfide) groups is 1. The molecular formula is C23H23N5O2S. The first-order valence-electron chi connectivity index (χ1n) is 9.92. The Morgan fingerprint density at radius 2 is 1.74 bits per heavy atom. The minimum absolute atomic E-state index is 0.282. The Labute approximate surface area is 183 Å². The van der Waals surface area contributed by atoms with Crippen LogP contribution in [0.25, 0.3) is 5.69 Å². The van der Waals surface area contributed by atoms with Gasteiger partial charge in [-0.05, 0) is 49.1 Å². The molecule has 0 unspecified atom stereocenters. The summed E-state index contributed by atoms with van der Waals surface area (Å²) in [5, 5.41) is 9.62. The highest BCUT2D eigenvalue weighted by Gasteiger charge is 2.18. The summed E-state index contributed by atoms with van der Waals surface area (Å²) in [6, 6.07) is 15.9. The molecule has 31 heavy (non-hydrogen) atoms. The average Bonchev–Trinajstić information content (AvgIpc) is 3.10. The van der Waals surface area contributed by atoms with Gasteiger partial charge >= 0.3 is 5.69 Å². The first kappa shape index (κ1) is 20.9. The molecule has 0 saturated carbocycles. The number of aromatic amines is 2. The summed E-state index contributed by atoms with van der Waals surface area (Å²) in [5.74, 6) is 1.42. The van der Waals surface area contributed by atoms with Crippen molar-refractivity contribution in [3.63, 3.8) is 0 Å². The molecule has 0 aliphatic heterocycles. The Balaban J connectivity index is 1.76. The third-order valence-corrected chi connectivity index (χ3v) is 6.07. The minimum Gasteiger partial charge on any atom is -0.311 e. The number of benzene rings is 2. The number of rotatable bonds is 6. The Hall–Kier alpha value is -3.39. The van der Waals surface area contributed by atoms with Crippen LogP contribution in [-0.4, -0.2) is 24.7 Å². The molecule has 0 aliphatic rings. The predicted octanol–water partition coefficient (Wildman–Crippen LogP) is 3.45. The maximum Gasteiger partial charge on any atom is 0.325 e. The van der Waals surface area contributed by atoms with Crippen molar-refractivity contribution in [1.82, 2.24) is 24.7 Å². The van der Waals surface area contributed by atoms with Crippen LogP contribution in [0.5, 0.6) is 0 Å². The summed E-state index contributed by atoms with van der Waals surface area (Å²) < 4.78 is 2.02. The van der Waals surface area contributed by atoms with Crippen LogP contribution in [0.3, 0.4) is 0 Å². The molecule has 2 heterocycles. The van der Waals surface area contributed by atoms with Gasteiger partial charge < -0.3 is 4.98 Å². The second-order valence-corrected chi connectivity index (χ2v) is 8.47. The van der Waals surface area contributed by atoms with Crippen LogP contribution in [0.1, 0.15) is 33.8 Å². The second-order valence-electron chi connectivity index (χ2n) is 7.53. The van der Waals surface area contributed by atoms with Gasteiger partial charge in [0.05, 0.1) is 5.69 Å². The molecule has 0 radical (unpaired) electrons. The smallest absolute Gasteiger partial charge is 0.311 e. The molecule has 0 amide bonds. The van der Waals surface area contributed by atoms with E-state index in [4.69, 9.17) is 0 Å². The highest BCUT2D eigenvalue weighted by molar-refractivity contribution is 7.98. The summed E-state index contributed by atoms with van der Waals surface area (Å²) in [5.41, 5.74) is 5.18. The van der Waals surface area contributed by atoms with Gasteiger partial charge in [-0.15, -0.1) is 10.2 Å². The Bertz CT molecular complexity index is 1320. The lowest BCUT2D eigenvalue weighted by Gasteiger charge is -2.14. The van der Waals surface area contributed by atoms with Crippen molar-refractivity contribution in [1.29, 1.82) is 0 Å². The lowest BCUT2D eigenvalue weighted by atomic mass is 10.1. The molecular weight excluding hydrogens is 410 g/mol. The van der Waals surface area contributed by atoms with E-state index in [0.717, 1.165) is 27.7 Å². The van der Waals surface area contributed by atoms with Crippen molar-refractivity contribution >= 4 is 11.8 Å². The monoisotopic (exact) mass is 433 g/mol. The SMILES string of the molecule is Cc1ccc(C)c(-n2c(Cc3cc(=O)[nH]c(=O)[nH]3)nnc2SCc2ccccc2C)c1. The fourth-order valence-corrected chi connectivity index (χ4v) is 4.45. The van der Waals surface area contributed by atoms with E-state index in [0.29, 0.717) is 11.5 Å². The van der Waals surface area contributed by atoms with Gasteiger partial charge in [-0.1, -0.05) is 48.2 Å². The zero-order chi connectivity index (χ0) is 22.0. The normalized spacial score (nSPS) is 11.1. The van der Waals surface area contributed by atoms with Crippen molar-refractivity contribution < 1.29 is 0 Å². The molecule has 2 aromatic heterocycles. The topological polar surface area (TPSA) is 96.4 Å². The van der Waals surface area contributed by atoms with E-state index in [9.17, 15) is 9.59 Å². The first-order valence-corrected chi connectivity index (χ1v) is 10.9. The molecule has 8 heteroatoms. The molecule has 7 nitrogen and oxygen atoms in total. The summed E-state index contributed by atoms with van der Waals surface area (Å²) in [7, 11) is 0. The summed E-state index contributed by atoms with van der Waals surface area (Å²) in [6.07, 6.45) is 0.282. The minimum atomic E-state index is -0.533. The lowest BCUT2D eigenvalue weighted by Crippen LogP contribution is -2.23. The van der Waals surface area contributed by atoms with E-state index in [2.05, 4.69) is 57.4 Å². The third-order valence-electron chi connectivity index (χ3n) is 5.09. The van der Waals surface area contributed by atoms with Crippen LogP contribution < -0.4 is 11.2 Å². The van der Waals surface area contributed by atoms with E-state index in [1.807, 2.05) is 30.5 Å². The molecule has 2 N–H and O–H groups in total. The number of nitrogens with zero attached hydrogens (tertiary/aromatic N) is 3. The van der Waals surface area contributed by atoms with Gasteiger partial charge in [-0.3, -0.25) is 14.3 Å². The fraction of sp³-hybridized carbons (Fsp3) is 0.217. The molecule has 4 rings (SSSR count). The van der Waals surface area contributed by atoms with Gasteiger partial charge in [0.25, 0.3) is 5.56 Å². The van der Waals surface area contributed by atoms with Crippen LogP contribution in [0.15, 0.2) is 63.3 Å². The molecule has 0 bridgehead atoms. The van der Waals surface area contributed by atoms with Crippen molar-refractivity contribution in [2.75, 3.05) is 0 Å². The summed E-state index contributed by atoms with van der Waals surface area (Å²) in [4.78, 5) is 28.3. The van der Waals surface area contributed by atoms with Crippen molar-refractivity contribution in [3.8, 4) is 5.69 Å². The largest absolute Gasteiger partial charge is 0.325 e. The molecule has 4 aromatic rings. The highest BCUT2D eigenvalue weighted by Crippen LogP contribution is 2.28. The lowest BCUT2D eigenvalue weighted by molar-refractivity contribution is 0.823. The number of aromatic nitrogens is 5. The molecule has 158 valence electrons. The summed E-state index contributed by atoms with van der Waals surface area (Å²) in [6.45, 7) is 6.19. The number of H-pyrrole nitrogens is 2. The number of hydrogen-bond donors (Lipinski definition) is 2. The van der Waals surface area contributed by atoms with Crippen LogP contribution in [0.2, 0.25) is 0 Å². The van der Waals surface area contributed by atoms with E-state index < -0.39 is 11.2 Å². The second kappa shape index (κ2) is 8.77. The van der Waals surface area contributed by atoms with Gasteiger partial charge in [0.1, 0.15) is 5.82 Å². The van der Waals surface area contributed by atoms with Gasteiger partial charge in [0.15, 0.2) is 5.16 Å². The highest BCUT2D eigenvalue weighted by atomic mass is 32.2. The summed E-state index contributed by atoms with van der Waals surface area (Å²) >= 11 is 1.61. The van der Waals surface area contributed by atoms with Crippen LogP contribution in [-0.2, 0) is 12.2 Å². The van der Waals surface area contributed by atoms with E-state index in [1.54, 1.807) is 11.8 Å². The zero-order valence-corrected chi connectivity index (χ0v) is 18.4. The van der Waals surface area contributed by atoms with Crippen molar-refractivity contribution in [2.24, 2.45) is 0 Å². The Morgan fingerprint density at radius 1 is 0.935 bits per heavy atom. The average molecular weight is 434 g/mol. The van der Waals surface area contributed by atoms with Gasteiger partial charge in [-0.25, -0.2) is 4.79 Å². The maximum absolute atomic E-state index is 11.7. The molecule has 0 spiro atoms. The van der Waals surface area contributed by atoms with E-state index in [1.165, 1.54) is 17.2 Å². The Morgan fingerprint density at radius 3 is 2.52 bits per heavy atom. The van der Waals surface area contributed by atoms with E-state index >= 15 is 0 Å². The van der Waals surface area contributed by atoms with Crippen LogP contribution in [0.4, 0.5) is 0 Å².